The van der Waals surface area contributed by atoms with Gasteiger partial charge in [0.25, 0.3) is 0 Å². The van der Waals surface area contributed by atoms with Gasteiger partial charge in [0.05, 0.1) is 18.7 Å². The average Bonchev–Trinajstić information content (AvgIpc) is 2.79. The largest absolute Gasteiger partial charge is 0.481 e. The zero-order valence-electron chi connectivity index (χ0n) is 9.46. The lowest BCUT2D eigenvalue weighted by Crippen LogP contribution is -2.33. The predicted octanol–water partition coefficient (Wildman–Crippen LogP) is 1.73. The molecule has 0 fully saturated rings. The molecule has 5 nitrogen and oxygen atoms in total. The van der Waals surface area contributed by atoms with Crippen molar-refractivity contribution < 1.29 is 14.7 Å². The molecule has 1 aliphatic heterocycles. The van der Waals surface area contributed by atoms with Crippen LogP contribution in [0.1, 0.15) is 23.6 Å². The van der Waals surface area contributed by atoms with E-state index in [-0.39, 0.29) is 12.5 Å². The van der Waals surface area contributed by atoms with Crippen LogP contribution < -0.4 is 5.59 Å². The summed E-state index contributed by atoms with van der Waals surface area (Å²) in [5.41, 5.74) is 4.68. The molecule has 0 amide bonds. The molecule has 1 atom stereocenters. The highest BCUT2D eigenvalue weighted by atomic mass is 16.7. The molecule has 0 saturated heterocycles. The van der Waals surface area contributed by atoms with Crippen LogP contribution in [0.15, 0.2) is 36.7 Å². The maximum absolute atomic E-state index is 10.9. The summed E-state index contributed by atoms with van der Waals surface area (Å²) in [5, 5.41) is 10.6. The van der Waals surface area contributed by atoms with Gasteiger partial charge in [0.2, 0.25) is 0 Å². The van der Waals surface area contributed by atoms with E-state index in [1.165, 1.54) is 6.26 Å². The fourth-order valence-electron chi connectivity index (χ4n) is 1.80. The quantitative estimate of drug-likeness (QED) is 0.830. The van der Waals surface area contributed by atoms with Crippen LogP contribution in [0.3, 0.4) is 0 Å². The van der Waals surface area contributed by atoms with Crippen molar-refractivity contribution in [2.75, 3.05) is 0 Å². The number of benzene rings is 1. The van der Waals surface area contributed by atoms with Crippen LogP contribution in [-0.2, 0) is 9.63 Å². The first kappa shape index (κ1) is 11.5. The lowest BCUT2D eigenvalue weighted by molar-refractivity contribution is -0.139. The second-order valence-corrected chi connectivity index (χ2v) is 3.93. The van der Waals surface area contributed by atoms with Gasteiger partial charge >= 0.3 is 5.97 Å². The molecule has 2 N–H and O–H groups in total. The lowest BCUT2D eigenvalue weighted by Gasteiger charge is -2.25. The first-order valence-corrected chi connectivity index (χ1v) is 5.31. The number of nitrogens with zero attached hydrogens (tertiary/aromatic N) is 1. The van der Waals surface area contributed by atoms with E-state index >= 15 is 0 Å². The van der Waals surface area contributed by atoms with E-state index in [0.29, 0.717) is 0 Å². The third-order valence-corrected chi connectivity index (χ3v) is 2.58. The molecule has 1 unspecified atom stereocenters. The van der Waals surface area contributed by atoms with E-state index < -0.39 is 5.97 Å². The maximum atomic E-state index is 10.9. The molecule has 1 heterocycles. The fourth-order valence-corrected chi connectivity index (χ4v) is 1.80. The Labute approximate surface area is 99.2 Å². The molecule has 0 aliphatic carbocycles. The third-order valence-electron chi connectivity index (χ3n) is 2.58. The first-order valence-electron chi connectivity index (χ1n) is 5.31. The molecular formula is C12H14N2O3. The van der Waals surface area contributed by atoms with Crippen LogP contribution in [-0.4, -0.2) is 16.1 Å². The van der Waals surface area contributed by atoms with Gasteiger partial charge in [0, 0.05) is 0 Å². The fraction of sp³-hybridized carbons (Fsp3) is 0.250. The van der Waals surface area contributed by atoms with Gasteiger partial charge in [-0.2, -0.15) is 0 Å². The van der Waals surface area contributed by atoms with E-state index in [0.717, 1.165) is 11.1 Å². The Morgan fingerprint density at radius 3 is 3.00 bits per heavy atom. The van der Waals surface area contributed by atoms with Gasteiger partial charge < -0.3 is 9.94 Å². The molecule has 1 aliphatic rings. The number of hydrogen-bond acceptors (Lipinski definition) is 4. The highest BCUT2D eigenvalue weighted by molar-refractivity contribution is 5.68. The van der Waals surface area contributed by atoms with Crippen LogP contribution in [0, 0.1) is 6.92 Å². The van der Waals surface area contributed by atoms with E-state index in [1.807, 2.05) is 31.2 Å². The van der Waals surface area contributed by atoms with Crippen LogP contribution in [0.25, 0.3) is 0 Å². The van der Waals surface area contributed by atoms with Crippen LogP contribution in [0.2, 0.25) is 0 Å². The van der Waals surface area contributed by atoms with Crippen molar-refractivity contribution in [2.45, 2.75) is 19.4 Å². The summed E-state index contributed by atoms with van der Waals surface area (Å²) in [5.74, 6) is -0.849. The number of nitrogens with one attached hydrogen (secondary N) is 1. The van der Waals surface area contributed by atoms with Crippen LogP contribution in [0.4, 0.5) is 0 Å². The Hall–Kier alpha value is -2.01. The summed E-state index contributed by atoms with van der Waals surface area (Å²) >= 11 is 0. The third kappa shape index (κ3) is 2.76. The van der Waals surface area contributed by atoms with Gasteiger partial charge in [-0.25, -0.2) is 0 Å². The van der Waals surface area contributed by atoms with Crippen molar-refractivity contribution in [2.24, 2.45) is 0 Å². The standard InChI is InChI=1S/C12H14N2O3/c1-9-3-2-4-10(7-9)11(8-12(15)16)14-5-6-17-13-14/h2-7,11,13H,8H2,1H3,(H,15,16). The molecule has 17 heavy (non-hydrogen) atoms. The van der Waals surface area contributed by atoms with Crippen molar-refractivity contribution in [3.63, 3.8) is 0 Å². The highest BCUT2D eigenvalue weighted by Gasteiger charge is 2.23. The number of carboxylic acid groups (broad SMARTS) is 1. The number of rotatable bonds is 4. The van der Waals surface area contributed by atoms with E-state index in [9.17, 15) is 4.79 Å². The van der Waals surface area contributed by atoms with Crippen molar-refractivity contribution in [1.29, 1.82) is 0 Å². The van der Waals surface area contributed by atoms with E-state index in [4.69, 9.17) is 9.94 Å². The molecule has 2 rings (SSSR count). The van der Waals surface area contributed by atoms with Gasteiger partial charge in [-0.15, -0.1) is 0 Å². The minimum Gasteiger partial charge on any atom is -0.481 e. The van der Waals surface area contributed by atoms with Gasteiger partial charge in [-0.1, -0.05) is 35.4 Å². The number of aryl methyl sites for hydroxylation is 1. The molecule has 0 spiro atoms. The number of aliphatic carboxylic acids is 1. The van der Waals surface area contributed by atoms with Crippen LogP contribution >= 0.6 is 0 Å². The predicted molar refractivity (Wildman–Crippen MR) is 61.4 cm³/mol. The molecule has 5 heteroatoms. The Balaban J connectivity index is 2.25. The summed E-state index contributed by atoms with van der Waals surface area (Å²) in [6.07, 6.45) is 3.16. The lowest BCUT2D eigenvalue weighted by atomic mass is 10.0. The zero-order valence-corrected chi connectivity index (χ0v) is 9.46. The number of hydrazine groups is 1. The zero-order chi connectivity index (χ0) is 12.3. The minimum atomic E-state index is -0.849. The molecule has 0 aromatic heterocycles. The van der Waals surface area contributed by atoms with Crippen molar-refractivity contribution >= 4 is 5.97 Å². The Kier molecular flexibility index (Phi) is 3.30. The molecule has 0 radical (unpaired) electrons. The van der Waals surface area contributed by atoms with E-state index in [1.54, 1.807) is 11.2 Å². The number of carboxylic acids is 1. The monoisotopic (exact) mass is 234 g/mol. The minimum absolute atomic E-state index is 0.00412. The number of carbonyl (C=O) groups is 1. The first-order chi connectivity index (χ1) is 8.16. The Morgan fingerprint density at radius 1 is 1.59 bits per heavy atom. The molecule has 1 aromatic carbocycles. The SMILES string of the molecule is Cc1cccc(C(CC(=O)O)N2C=CON2)c1. The maximum Gasteiger partial charge on any atom is 0.305 e. The van der Waals surface area contributed by atoms with Crippen molar-refractivity contribution in [1.82, 2.24) is 10.6 Å². The summed E-state index contributed by atoms with van der Waals surface area (Å²) in [6, 6.07) is 7.49. The van der Waals surface area contributed by atoms with Gasteiger partial charge in [-0.05, 0) is 12.5 Å². The van der Waals surface area contributed by atoms with Crippen molar-refractivity contribution in [3.05, 3.63) is 47.9 Å². The van der Waals surface area contributed by atoms with E-state index in [2.05, 4.69) is 5.59 Å². The summed E-state index contributed by atoms with van der Waals surface area (Å²) in [7, 11) is 0. The normalized spacial score (nSPS) is 15.7. The Morgan fingerprint density at radius 2 is 2.41 bits per heavy atom. The van der Waals surface area contributed by atoms with Gasteiger partial charge in [-0.3, -0.25) is 9.80 Å². The molecule has 0 saturated carbocycles. The van der Waals surface area contributed by atoms with Gasteiger partial charge in [0.15, 0.2) is 0 Å². The average molecular weight is 234 g/mol. The molecule has 90 valence electrons. The molecular weight excluding hydrogens is 220 g/mol. The summed E-state index contributed by atoms with van der Waals surface area (Å²) in [4.78, 5) is 15.8. The second-order valence-electron chi connectivity index (χ2n) is 3.93. The number of hydrogen-bond donors (Lipinski definition) is 2. The van der Waals surface area contributed by atoms with Gasteiger partial charge in [0.1, 0.15) is 6.26 Å². The van der Waals surface area contributed by atoms with Crippen molar-refractivity contribution in [3.8, 4) is 0 Å². The van der Waals surface area contributed by atoms with Crippen LogP contribution in [0.5, 0.6) is 0 Å². The topological polar surface area (TPSA) is 61.8 Å². The second kappa shape index (κ2) is 4.88. The molecule has 0 bridgehead atoms. The summed E-state index contributed by atoms with van der Waals surface area (Å²) in [6.45, 7) is 1.98. The smallest absolute Gasteiger partial charge is 0.305 e. The molecule has 1 aromatic rings. The summed E-state index contributed by atoms with van der Waals surface area (Å²) < 4.78 is 0. The highest BCUT2D eigenvalue weighted by Crippen LogP contribution is 2.25. The Bertz CT molecular complexity index is 445.